The Balaban J connectivity index is 2.18. The molecule has 0 unspecified atom stereocenters. The lowest BCUT2D eigenvalue weighted by Crippen LogP contribution is -2.40. The van der Waals surface area contributed by atoms with Crippen molar-refractivity contribution in [3.63, 3.8) is 0 Å². The van der Waals surface area contributed by atoms with Crippen LogP contribution in [0.3, 0.4) is 0 Å². The number of hydrogen-bond donors (Lipinski definition) is 3. The van der Waals surface area contributed by atoms with E-state index in [1.54, 1.807) is 0 Å². The largest absolute Gasteiger partial charge is 0.394 e. The van der Waals surface area contributed by atoms with Crippen LogP contribution in [0, 0.1) is 0 Å². The first-order valence-corrected chi connectivity index (χ1v) is 7.19. The molecule has 2 aromatic rings. The molecule has 0 spiro atoms. The lowest BCUT2D eigenvalue weighted by molar-refractivity contribution is -0.114. The third-order valence-corrected chi connectivity index (χ3v) is 3.81. The fourth-order valence-corrected chi connectivity index (χ4v) is 2.65. The molecular formula is C13H15ClFN5O4. The van der Waals surface area contributed by atoms with Crippen molar-refractivity contribution in [2.75, 3.05) is 11.9 Å². The van der Waals surface area contributed by atoms with Crippen LogP contribution in [0.5, 0.6) is 0 Å². The zero-order valence-electron chi connectivity index (χ0n) is 15.3. The topological polar surface area (TPSA) is 122 Å². The van der Waals surface area contributed by atoms with E-state index in [0.29, 0.717) is 0 Å². The summed E-state index contributed by atoms with van der Waals surface area (Å²) in [5, 5.41) is 21.6. The third kappa shape index (κ3) is 2.61. The average Bonchev–Trinajstić information content (AvgIpc) is 3.07. The van der Waals surface area contributed by atoms with Crippen LogP contribution in [-0.4, -0.2) is 60.1 Å². The van der Waals surface area contributed by atoms with Gasteiger partial charge in [-0.2, -0.15) is 9.97 Å². The van der Waals surface area contributed by atoms with Crippen molar-refractivity contribution in [2.24, 2.45) is 0 Å². The van der Waals surface area contributed by atoms with Crippen molar-refractivity contribution in [3.05, 3.63) is 11.5 Å². The highest BCUT2D eigenvalue weighted by molar-refractivity contribution is 6.33. The molecule has 0 aromatic carbocycles. The first-order chi connectivity index (χ1) is 12.5. The van der Waals surface area contributed by atoms with Crippen LogP contribution < -0.4 is 5.32 Å². The minimum absolute atomic E-state index is 0.00389. The van der Waals surface area contributed by atoms with Crippen molar-refractivity contribution < 1.29 is 28.2 Å². The van der Waals surface area contributed by atoms with Crippen LogP contribution in [0.25, 0.3) is 11.2 Å². The average molecular weight is 363 g/mol. The molecule has 1 amide bonds. The number of rotatable bonds is 3. The number of carbonyl (C=O) groups is 1. The predicted octanol–water partition coefficient (Wildman–Crippen LogP) is 0.417. The SMILES string of the molecule is [2H]C([2H])([2H])[C@@]1(F)[C@H](O)[C@@H](CO)O[C@H]1n1cnc2c(Cl)nc(NC(C)=O)nc21. The van der Waals surface area contributed by atoms with Crippen molar-refractivity contribution in [3.8, 4) is 0 Å². The van der Waals surface area contributed by atoms with Crippen LogP contribution in [0.4, 0.5) is 10.3 Å². The maximum atomic E-state index is 15.6. The number of aliphatic hydroxyl groups excluding tert-OH is 2. The fraction of sp³-hybridized carbons (Fsp3) is 0.538. The summed E-state index contributed by atoms with van der Waals surface area (Å²) in [6.45, 7) is -2.89. The van der Waals surface area contributed by atoms with Crippen LogP contribution in [0.2, 0.25) is 5.15 Å². The van der Waals surface area contributed by atoms with Gasteiger partial charge >= 0.3 is 0 Å². The second-order valence-electron chi connectivity index (χ2n) is 5.27. The number of nitrogens with one attached hydrogen (secondary N) is 1. The lowest BCUT2D eigenvalue weighted by atomic mass is 9.99. The summed E-state index contributed by atoms with van der Waals surface area (Å²) in [6.07, 6.45) is -4.48. The van der Waals surface area contributed by atoms with Gasteiger partial charge in [-0.25, -0.2) is 9.37 Å². The normalized spacial score (nSPS) is 32.4. The number of anilines is 1. The fourth-order valence-electron chi connectivity index (χ4n) is 2.43. The van der Waals surface area contributed by atoms with Crippen LogP contribution in [0.15, 0.2) is 6.33 Å². The van der Waals surface area contributed by atoms with E-state index in [-0.39, 0.29) is 22.3 Å². The molecule has 1 fully saturated rings. The van der Waals surface area contributed by atoms with E-state index in [1.807, 2.05) is 0 Å². The molecule has 24 heavy (non-hydrogen) atoms. The van der Waals surface area contributed by atoms with Crippen LogP contribution in [0.1, 0.15) is 24.1 Å². The van der Waals surface area contributed by atoms with Gasteiger partial charge in [0, 0.05) is 11.0 Å². The molecule has 9 nitrogen and oxygen atoms in total. The zero-order chi connectivity index (χ0) is 20.1. The highest BCUT2D eigenvalue weighted by Gasteiger charge is 2.55. The first kappa shape index (κ1) is 13.4. The second kappa shape index (κ2) is 5.88. The molecule has 1 saturated heterocycles. The van der Waals surface area contributed by atoms with Gasteiger partial charge in [-0.05, 0) is 6.85 Å². The number of halogens is 2. The van der Waals surface area contributed by atoms with E-state index in [2.05, 4.69) is 20.3 Å². The molecule has 4 atom stereocenters. The van der Waals surface area contributed by atoms with Gasteiger partial charge in [0.25, 0.3) is 0 Å². The Hall–Kier alpha value is -1.88. The van der Waals surface area contributed by atoms with Crippen molar-refractivity contribution >= 4 is 34.6 Å². The standard InChI is InChI=1S/C13H15ClFN5O4/c1-5(22)17-12-18-9(14)7-10(19-12)20(4-16-7)11-13(2,15)8(23)6(3-21)24-11/h4,6,8,11,21,23H,3H2,1-2H3,(H,17,18,19,22)/t6-,8-,11-,13-/m1/s1/i2D3. The minimum Gasteiger partial charge on any atom is -0.394 e. The molecule has 3 heterocycles. The van der Waals surface area contributed by atoms with Gasteiger partial charge in [0.15, 0.2) is 22.7 Å². The van der Waals surface area contributed by atoms with Gasteiger partial charge in [-0.15, -0.1) is 0 Å². The molecule has 130 valence electrons. The van der Waals surface area contributed by atoms with E-state index >= 15 is 4.39 Å². The number of amides is 1. The summed E-state index contributed by atoms with van der Waals surface area (Å²) in [6, 6.07) is 0. The van der Waals surface area contributed by atoms with Crippen LogP contribution >= 0.6 is 11.6 Å². The third-order valence-electron chi connectivity index (χ3n) is 3.54. The molecule has 3 rings (SSSR count). The maximum absolute atomic E-state index is 15.6. The van der Waals surface area contributed by atoms with Gasteiger partial charge in [0.1, 0.15) is 17.7 Å². The summed E-state index contributed by atoms with van der Waals surface area (Å²) in [7, 11) is 0. The Bertz CT molecular complexity index is 897. The number of aromatic nitrogens is 4. The van der Waals surface area contributed by atoms with Gasteiger partial charge < -0.3 is 14.9 Å². The molecule has 1 aliphatic heterocycles. The number of hydrogen-bond acceptors (Lipinski definition) is 7. The Morgan fingerprint density at radius 1 is 1.67 bits per heavy atom. The quantitative estimate of drug-likeness (QED) is 0.676. The molecule has 2 aromatic heterocycles. The van der Waals surface area contributed by atoms with E-state index < -0.39 is 43.5 Å². The summed E-state index contributed by atoms with van der Waals surface area (Å²) < 4.78 is 44.4. The Morgan fingerprint density at radius 3 is 3.04 bits per heavy atom. The molecule has 3 N–H and O–H groups in total. The number of aliphatic hydroxyl groups is 2. The Morgan fingerprint density at radius 2 is 2.42 bits per heavy atom. The summed E-state index contributed by atoms with van der Waals surface area (Å²) >= 11 is 6.00. The number of ether oxygens (including phenoxy) is 1. The molecule has 11 heteroatoms. The van der Waals surface area contributed by atoms with Gasteiger partial charge in [0.05, 0.1) is 12.9 Å². The van der Waals surface area contributed by atoms with Crippen LogP contribution in [-0.2, 0) is 9.53 Å². The summed E-state index contributed by atoms with van der Waals surface area (Å²) in [5.41, 5.74) is -3.38. The van der Waals surface area contributed by atoms with E-state index in [0.717, 1.165) is 10.9 Å². The van der Waals surface area contributed by atoms with E-state index in [4.69, 9.17) is 20.5 Å². The number of imidazole rings is 1. The molecule has 1 aliphatic rings. The first-order valence-electron chi connectivity index (χ1n) is 8.31. The van der Waals surface area contributed by atoms with E-state index in [9.17, 15) is 15.0 Å². The molecule has 0 radical (unpaired) electrons. The number of carbonyl (C=O) groups excluding carboxylic acids is 1. The molecule has 0 bridgehead atoms. The monoisotopic (exact) mass is 362 g/mol. The summed E-state index contributed by atoms with van der Waals surface area (Å²) in [5.74, 6) is -0.705. The van der Waals surface area contributed by atoms with Crippen molar-refractivity contribution in [1.29, 1.82) is 0 Å². The Labute approximate surface area is 144 Å². The van der Waals surface area contributed by atoms with Crippen molar-refractivity contribution in [2.45, 2.75) is 37.9 Å². The highest BCUT2D eigenvalue weighted by atomic mass is 35.5. The van der Waals surface area contributed by atoms with E-state index in [1.165, 1.54) is 6.92 Å². The smallest absolute Gasteiger partial charge is 0.232 e. The summed E-state index contributed by atoms with van der Waals surface area (Å²) in [4.78, 5) is 23.0. The van der Waals surface area contributed by atoms with Crippen molar-refractivity contribution in [1.82, 2.24) is 19.5 Å². The predicted molar refractivity (Wildman–Crippen MR) is 81.2 cm³/mol. The highest BCUT2D eigenvalue weighted by Crippen LogP contribution is 2.42. The molecule has 0 saturated carbocycles. The minimum atomic E-state index is -3.30. The Kier molecular flexibility index (Phi) is 3.29. The number of nitrogens with zero attached hydrogens (tertiary/aromatic N) is 4. The molecule has 0 aliphatic carbocycles. The number of alkyl halides is 1. The van der Waals surface area contributed by atoms with Gasteiger partial charge in [-0.3, -0.25) is 14.7 Å². The van der Waals surface area contributed by atoms with Gasteiger partial charge in [0.2, 0.25) is 11.9 Å². The maximum Gasteiger partial charge on any atom is 0.232 e. The number of fused-ring (bicyclic) bond motifs is 1. The zero-order valence-corrected chi connectivity index (χ0v) is 13.0. The molecular weight excluding hydrogens is 345 g/mol. The second-order valence-corrected chi connectivity index (χ2v) is 5.62. The van der Waals surface area contributed by atoms with Gasteiger partial charge in [-0.1, -0.05) is 11.6 Å². The lowest BCUT2D eigenvalue weighted by Gasteiger charge is -2.24.